The van der Waals surface area contributed by atoms with Crippen LogP contribution >= 0.6 is 0 Å². The molecule has 4 rings (SSSR count). The predicted octanol–water partition coefficient (Wildman–Crippen LogP) is 3.37. The van der Waals surface area contributed by atoms with Gasteiger partial charge in [0.05, 0.1) is 18.4 Å². The van der Waals surface area contributed by atoms with Crippen molar-refractivity contribution in [3.8, 4) is 11.3 Å². The maximum Gasteiger partial charge on any atom is 0.339 e. The number of pyridine rings is 1. The summed E-state index contributed by atoms with van der Waals surface area (Å²) >= 11 is 0. The highest BCUT2D eigenvalue weighted by Gasteiger charge is 2.31. The van der Waals surface area contributed by atoms with Crippen molar-refractivity contribution >= 4 is 16.0 Å². The molecule has 0 N–H and O–H groups in total. The van der Waals surface area contributed by atoms with Gasteiger partial charge in [0.25, 0.3) is 10.0 Å². The topological polar surface area (TPSA) is 78.3 Å². The number of esters is 1. The van der Waals surface area contributed by atoms with Crippen molar-refractivity contribution in [2.75, 3.05) is 7.11 Å². The van der Waals surface area contributed by atoms with Gasteiger partial charge in [0.2, 0.25) is 0 Å². The number of carbonyl (C=O) groups is 1. The van der Waals surface area contributed by atoms with Gasteiger partial charge in [0, 0.05) is 23.7 Å². The number of aromatic nitrogens is 2. The Kier molecular flexibility index (Phi) is 4.55. The van der Waals surface area contributed by atoms with Gasteiger partial charge in [-0.05, 0) is 49.4 Å². The van der Waals surface area contributed by atoms with Crippen molar-refractivity contribution in [2.24, 2.45) is 0 Å². The van der Waals surface area contributed by atoms with E-state index in [4.69, 9.17) is 4.74 Å². The number of hydrogen-bond donors (Lipinski definition) is 0. The standard InChI is InChI=1S/C21H20N2O4S/c1-14-10-11-16(12-22-14)28(25,26)23-13-19(21(24)27-2)18-9-5-7-15-6-3-4-8-17(15)20(18)23/h3-4,6,8,10-13H,5,7,9H2,1-2H3. The van der Waals surface area contributed by atoms with Gasteiger partial charge in [-0.3, -0.25) is 4.98 Å². The van der Waals surface area contributed by atoms with E-state index in [9.17, 15) is 13.2 Å². The molecule has 1 aliphatic rings. The molecule has 2 aromatic heterocycles. The number of rotatable bonds is 3. The van der Waals surface area contributed by atoms with Crippen molar-refractivity contribution in [1.82, 2.24) is 8.96 Å². The summed E-state index contributed by atoms with van der Waals surface area (Å²) in [6.45, 7) is 1.80. The van der Waals surface area contributed by atoms with Gasteiger partial charge in [-0.2, -0.15) is 0 Å². The predicted molar refractivity (Wildman–Crippen MR) is 105 cm³/mol. The molecule has 0 amide bonds. The summed E-state index contributed by atoms with van der Waals surface area (Å²) in [7, 11) is -2.63. The lowest BCUT2D eigenvalue weighted by Gasteiger charge is -2.13. The molecule has 0 fully saturated rings. The lowest BCUT2D eigenvalue weighted by atomic mass is 10.0. The first-order chi connectivity index (χ1) is 13.4. The SMILES string of the molecule is COC(=O)c1cn(S(=O)(=O)c2ccc(C)nc2)c2c1CCCc1ccccc1-2. The third-order valence-corrected chi connectivity index (χ3v) is 6.71. The lowest BCUT2D eigenvalue weighted by molar-refractivity contribution is 0.0599. The molecular formula is C21H20N2O4S. The van der Waals surface area contributed by atoms with Crippen LogP contribution in [0.25, 0.3) is 11.3 Å². The molecule has 0 aliphatic heterocycles. The second-order valence-corrected chi connectivity index (χ2v) is 8.62. The zero-order valence-corrected chi connectivity index (χ0v) is 16.5. The molecule has 144 valence electrons. The molecule has 0 saturated heterocycles. The highest BCUT2D eigenvalue weighted by molar-refractivity contribution is 7.90. The van der Waals surface area contributed by atoms with Crippen LogP contribution in [0.15, 0.2) is 53.7 Å². The Labute approximate surface area is 163 Å². The molecule has 7 heteroatoms. The van der Waals surface area contributed by atoms with Gasteiger partial charge in [-0.1, -0.05) is 24.3 Å². The summed E-state index contributed by atoms with van der Waals surface area (Å²) in [6, 6.07) is 10.9. The molecule has 2 heterocycles. The maximum absolute atomic E-state index is 13.4. The average Bonchev–Trinajstić information content (AvgIpc) is 2.98. The first-order valence-corrected chi connectivity index (χ1v) is 10.5. The third kappa shape index (κ3) is 2.92. The van der Waals surface area contributed by atoms with Crippen LogP contribution in [0.5, 0.6) is 0 Å². The molecular weight excluding hydrogens is 376 g/mol. The second kappa shape index (κ2) is 6.91. The van der Waals surface area contributed by atoms with E-state index in [0.29, 0.717) is 17.7 Å². The van der Waals surface area contributed by atoms with Crippen molar-refractivity contribution in [1.29, 1.82) is 0 Å². The van der Waals surface area contributed by atoms with E-state index in [2.05, 4.69) is 4.98 Å². The quantitative estimate of drug-likeness (QED) is 0.634. The Morgan fingerprint density at radius 1 is 1.14 bits per heavy atom. The van der Waals surface area contributed by atoms with Crippen LogP contribution in [-0.2, 0) is 27.6 Å². The number of methoxy groups -OCH3 is 1. The Hall–Kier alpha value is -2.93. The van der Waals surface area contributed by atoms with Gasteiger partial charge >= 0.3 is 5.97 Å². The van der Waals surface area contributed by atoms with Crippen LogP contribution in [-0.4, -0.2) is 30.5 Å². The number of fused-ring (bicyclic) bond motifs is 3. The fraction of sp³-hybridized carbons (Fsp3) is 0.238. The third-order valence-electron chi connectivity index (χ3n) is 5.07. The molecule has 1 aromatic carbocycles. The summed E-state index contributed by atoms with van der Waals surface area (Å²) in [5, 5.41) is 0. The van der Waals surface area contributed by atoms with Crippen LogP contribution in [0.3, 0.4) is 0 Å². The van der Waals surface area contributed by atoms with Gasteiger partial charge in [0.1, 0.15) is 4.90 Å². The van der Waals surface area contributed by atoms with Crippen LogP contribution in [0.1, 0.15) is 33.6 Å². The normalized spacial score (nSPS) is 13.4. The number of hydrogen-bond acceptors (Lipinski definition) is 5. The minimum Gasteiger partial charge on any atom is -0.465 e. The van der Waals surface area contributed by atoms with E-state index in [1.165, 1.54) is 29.5 Å². The summed E-state index contributed by atoms with van der Waals surface area (Å²) < 4.78 is 33.0. The fourth-order valence-corrected chi connectivity index (χ4v) is 5.02. The molecule has 3 aromatic rings. The van der Waals surface area contributed by atoms with E-state index < -0.39 is 16.0 Å². The summed E-state index contributed by atoms with van der Waals surface area (Å²) in [5.74, 6) is -0.536. The number of nitrogens with zero attached hydrogens (tertiary/aromatic N) is 2. The van der Waals surface area contributed by atoms with E-state index >= 15 is 0 Å². The minimum absolute atomic E-state index is 0.0778. The van der Waals surface area contributed by atoms with Gasteiger partial charge in [-0.25, -0.2) is 17.2 Å². The zero-order chi connectivity index (χ0) is 19.9. The van der Waals surface area contributed by atoms with E-state index in [0.717, 1.165) is 29.7 Å². The maximum atomic E-state index is 13.4. The lowest BCUT2D eigenvalue weighted by Crippen LogP contribution is -2.14. The monoisotopic (exact) mass is 396 g/mol. The largest absolute Gasteiger partial charge is 0.465 e. The highest BCUT2D eigenvalue weighted by Crippen LogP contribution is 2.37. The van der Waals surface area contributed by atoms with E-state index in [-0.39, 0.29) is 10.5 Å². The first-order valence-electron chi connectivity index (χ1n) is 9.02. The summed E-state index contributed by atoms with van der Waals surface area (Å²) in [5.41, 5.74) is 4.15. The molecule has 28 heavy (non-hydrogen) atoms. The highest BCUT2D eigenvalue weighted by atomic mass is 32.2. The molecule has 1 aliphatic carbocycles. The average molecular weight is 396 g/mol. The van der Waals surface area contributed by atoms with Crippen LogP contribution < -0.4 is 0 Å². The Balaban J connectivity index is 2.03. The Morgan fingerprint density at radius 2 is 1.93 bits per heavy atom. The molecule has 0 saturated carbocycles. The van der Waals surface area contributed by atoms with Gasteiger partial charge in [-0.15, -0.1) is 0 Å². The smallest absolute Gasteiger partial charge is 0.339 e. The van der Waals surface area contributed by atoms with Crippen LogP contribution in [0.2, 0.25) is 0 Å². The van der Waals surface area contributed by atoms with Gasteiger partial charge < -0.3 is 4.74 Å². The zero-order valence-electron chi connectivity index (χ0n) is 15.7. The van der Waals surface area contributed by atoms with Crippen LogP contribution in [0.4, 0.5) is 0 Å². The molecule has 0 unspecified atom stereocenters. The molecule has 0 radical (unpaired) electrons. The Bertz CT molecular complexity index is 1160. The van der Waals surface area contributed by atoms with Crippen molar-refractivity contribution in [3.05, 3.63) is 71.2 Å². The van der Waals surface area contributed by atoms with Crippen molar-refractivity contribution in [2.45, 2.75) is 31.1 Å². The van der Waals surface area contributed by atoms with Crippen molar-refractivity contribution < 1.29 is 17.9 Å². The molecule has 0 atom stereocenters. The molecule has 6 nitrogen and oxygen atoms in total. The van der Waals surface area contributed by atoms with Crippen LogP contribution in [0, 0.1) is 6.92 Å². The number of carbonyl (C=O) groups excluding carboxylic acids is 1. The summed E-state index contributed by atoms with van der Waals surface area (Å²) in [6.07, 6.45) is 4.97. The fourth-order valence-electron chi connectivity index (χ4n) is 3.68. The molecule has 0 spiro atoms. The Morgan fingerprint density at radius 3 is 2.64 bits per heavy atom. The minimum atomic E-state index is -3.93. The number of benzene rings is 1. The van der Waals surface area contributed by atoms with Gasteiger partial charge in [0.15, 0.2) is 0 Å². The van der Waals surface area contributed by atoms with E-state index in [1.54, 1.807) is 13.0 Å². The molecule has 0 bridgehead atoms. The second-order valence-electron chi connectivity index (χ2n) is 6.81. The number of aryl methyl sites for hydroxylation is 2. The van der Waals surface area contributed by atoms with Crippen molar-refractivity contribution in [3.63, 3.8) is 0 Å². The van der Waals surface area contributed by atoms with E-state index in [1.807, 2.05) is 24.3 Å². The first kappa shape index (κ1) is 18.4. The number of ether oxygens (including phenoxy) is 1. The summed E-state index contributed by atoms with van der Waals surface area (Å²) in [4.78, 5) is 16.6.